The number of nitrogens with one attached hydrogen (secondary N) is 1. The Morgan fingerprint density at radius 3 is 2.09 bits per heavy atom. The zero-order chi connectivity index (χ0) is 16.9. The van der Waals surface area contributed by atoms with E-state index in [4.69, 9.17) is 9.79 Å². The Bertz CT molecular complexity index is 734. The molecule has 0 aliphatic heterocycles. The first-order valence-corrected chi connectivity index (χ1v) is 8.25. The first kappa shape index (κ1) is 17.0. The van der Waals surface area contributed by atoms with Crippen molar-refractivity contribution in [3.8, 4) is 5.75 Å². The normalized spacial score (nSPS) is 10.9. The van der Waals surface area contributed by atoms with Crippen LogP contribution in [0.15, 0.2) is 61.2 Å². The van der Waals surface area contributed by atoms with Crippen LogP contribution in [-0.4, -0.2) is 15.7 Å². The third-order valence-electron chi connectivity index (χ3n) is 2.96. The lowest BCUT2D eigenvalue weighted by molar-refractivity contribution is -0.111. The average Bonchev–Trinajstić information content (AvgIpc) is 2.49. The summed E-state index contributed by atoms with van der Waals surface area (Å²) < 4.78 is 15.2. The molecular formula is C16H16NO5P. The number of phosphoric ester groups is 1. The minimum absolute atomic E-state index is 0.115. The maximum atomic E-state index is 11.2. The minimum atomic E-state index is -4.53. The summed E-state index contributed by atoms with van der Waals surface area (Å²) in [4.78, 5) is 28.7. The molecule has 2 aromatic rings. The topological polar surface area (TPSA) is 95.9 Å². The van der Waals surface area contributed by atoms with E-state index in [1.54, 1.807) is 24.3 Å². The van der Waals surface area contributed by atoms with Crippen LogP contribution >= 0.6 is 7.82 Å². The van der Waals surface area contributed by atoms with Gasteiger partial charge in [-0.25, -0.2) is 4.57 Å². The van der Waals surface area contributed by atoms with Crippen molar-refractivity contribution in [2.75, 3.05) is 5.32 Å². The maximum absolute atomic E-state index is 11.2. The van der Waals surface area contributed by atoms with E-state index in [0.717, 1.165) is 11.1 Å². The van der Waals surface area contributed by atoms with E-state index in [1.165, 1.54) is 18.2 Å². The molecule has 23 heavy (non-hydrogen) atoms. The highest BCUT2D eigenvalue weighted by Crippen LogP contribution is 2.37. The van der Waals surface area contributed by atoms with Crippen molar-refractivity contribution in [2.45, 2.75) is 6.42 Å². The fraction of sp³-hybridized carbons (Fsp3) is 0.0625. The van der Waals surface area contributed by atoms with Gasteiger partial charge in [-0.1, -0.05) is 30.8 Å². The zero-order valence-electron chi connectivity index (χ0n) is 12.2. The summed E-state index contributed by atoms with van der Waals surface area (Å²) in [5.74, 6) is -0.150. The molecule has 0 bridgehead atoms. The molecule has 120 valence electrons. The number of carbonyl (C=O) groups is 1. The van der Waals surface area contributed by atoms with Crippen LogP contribution in [0.1, 0.15) is 11.1 Å². The molecule has 7 heteroatoms. The number of carbonyl (C=O) groups excluding carboxylic acids is 1. The van der Waals surface area contributed by atoms with Gasteiger partial charge in [-0.15, -0.1) is 0 Å². The van der Waals surface area contributed by atoms with E-state index in [0.29, 0.717) is 12.1 Å². The highest BCUT2D eigenvalue weighted by molar-refractivity contribution is 7.46. The Kier molecular flexibility index (Phi) is 5.34. The van der Waals surface area contributed by atoms with Gasteiger partial charge in [0.15, 0.2) is 0 Å². The minimum Gasteiger partial charge on any atom is -0.404 e. The van der Waals surface area contributed by atoms with E-state index in [-0.39, 0.29) is 11.7 Å². The number of hydrogen-bond acceptors (Lipinski definition) is 3. The van der Waals surface area contributed by atoms with Crippen molar-refractivity contribution in [3.63, 3.8) is 0 Å². The van der Waals surface area contributed by atoms with E-state index < -0.39 is 7.82 Å². The molecule has 0 heterocycles. The molecule has 0 aliphatic carbocycles. The molecular weight excluding hydrogens is 317 g/mol. The molecule has 0 spiro atoms. The Morgan fingerprint density at radius 2 is 1.61 bits per heavy atom. The molecule has 0 aliphatic rings. The second-order valence-electron chi connectivity index (χ2n) is 4.79. The summed E-state index contributed by atoms with van der Waals surface area (Å²) in [5, 5.41) is 2.66. The largest absolute Gasteiger partial charge is 0.524 e. The maximum Gasteiger partial charge on any atom is 0.524 e. The third-order valence-corrected chi connectivity index (χ3v) is 3.41. The molecule has 0 fully saturated rings. The molecule has 1 amide bonds. The molecule has 0 saturated carbocycles. The molecule has 6 nitrogen and oxygen atoms in total. The van der Waals surface area contributed by atoms with Crippen LogP contribution < -0.4 is 9.84 Å². The summed E-state index contributed by atoms with van der Waals surface area (Å²) in [5.41, 5.74) is 2.68. The Labute approximate surface area is 133 Å². The quantitative estimate of drug-likeness (QED) is 0.558. The van der Waals surface area contributed by atoms with Crippen molar-refractivity contribution in [3.05, 3.63) is 72.3 Å². The first-order chi connectivity index (χ1) is 10.9. The summed E-state index contributed by atoms with van der Waals surface area (Å²) >= 11 is 0. The van der Waals surface area contributed by atoms with E-state index >= 15 is 0 Å². The van der Waals surface area contributed by atoms with Crippen LogP contribution in [-0.2, 0) is 15.8 Å². The molecule has 2 aromatic carbocycles. The lowest BCUT2D eigenvalue weighted by atomic mass is 10.0. The van der Waals surface area contributed by atoms with Gasteiger partial charge >= 0.3 is 7.82 Å². The predicted molar refractivity (Wildman–Crippen MR) is 87.2 cm³/mol. The summed E-state index contributed by atoms with van der Waals surface area (Å²) in [7, 11) is -4.53. The van der Waals surface area contributed by atoms with Crippen LogP contribution in [0.4, 0.5) is 5.69 Å². The molecule has 0 unspecified atom stereocenters. The van der Waals surface area contributed by atoms with Gasteiger partial charge in [0.2, 0.25) is 5.91 Å². The number of phosphoric acid groups is 1. The monoisotopic (exact) mass is 333 g/mol. The van der Waals surface area contributed by atoms with Crippen molar-refractivity contribution < 1.29 is 23.7 Å². The smallest absolute Gasteiger partial charge is 0.404 e. The van der Waals surface area contributed by atoms with Crippen molar-refractivity contribution in [2.24, 2.45) is 0 Å². The highest BCUT2D eigenvalue weighted by atomic mass is 31.2. The lowest BCUT2D eigenvalue weighted by Crippen LogP contribution is -2.06. The van der Waals surface area contributed by atoms with Gasteiger partial charge in [-0.05, 0) is 47.9 Å². The van der Waals surface area contributed by atoms with Gasteiger partial charge < -0.3 is 9.84 Å². The van der Waals surface area contributed by atoms with Gasteiger partial charge in [0.05, 0.1) is 0 Å². The van der Waals surface area contributed by atoms with Crippen molar-refractivity contribution in [1.82, 2.24) is 0 Å². The Hall–Kier alpha value is -2.40. The average molecular weight is 333 g/mol. The third kappa shape index (κ3) is 5.71. The van der Waals surface area contributed by atoms with Gasteiger partial charge in [-0.2, -0.15) is 0 Å². The first-order valence-electron chi connectivity index (χ1n) is 6.72. The fourth-order valence-electron chi connectivity index (χ4n) is 1.94. The van der Waals surface area contributed by atoms with Crippen LogP contribution in [0, 0.1) is 0 Å². The van der Waals surface area contributed by atoms with E-state index in [1.807, 2.05) is 12.1 Å². The zero-order valence-corrected chi connectivity index (χ0v) is 13.1. The molecule has 0 saturated heterocycles. The van der Waals surface area contributed by atoms with Crippen LogP contribution in [0.5, 0.6) is 5.75 Å². The predicted octanol–water partition coefficient (Wildman–Crippen LogP) is 2.87. The Balaban J connectivity index is 2.00. The van der Waals surface area contributed by atoms with Gasteiger partial charge in [-0.3, -0.25) is 14.6 Å². The number of hydrogen-bond donors (Lipinski definition) is 3. The fourth-order valence-corrected chi connectivity index (χ4v) is 2.34. The highest BCUT2D eigenvalue weighted by Gasteiger charge is 2.15. The van der Waals surface area contributed by atoms with E-state index in [9.17, 15) is 9.36 Å². The number of amides is 1. The number of rotatable bonds is 6. The van der Waals surface area contributed by atoms with Gasteiger partial charge in [0.25, 0.3) is 0 Å². The molecule has 3 N–H and O–H groups in total. The molecule has 0 atom stereocenters. The standard InChI is InChI=1S/C16H16NO5P/c1-2-16(18)17-14-7-3-12(4-8-14)11-13-5-9-15(10-6-13)22-23(19,20)21/h2-10H,1,11H2,(H,17,18)(H2,19,20,21). The van der Waals surface area contributed by atoms with Crippen LogP contribution in [0.25, 0.3) is 0 Å². The summed E-state index contributed by atoms with van der Waals surface area (Å²) in [6.45, 7) is 3.39. The summed E-state index contributed by atoms with van der Waals surface area (Å²) in [6.07, 6.45) is 1.85. The SMILES string of the molecule is C=CC(=O)Nc1ccc(Cc2ccc(OP(=O)(O)O)cc2)cc1. The van der Waals surface area contributed by atoms with Crippen LogP contribution in [0.2, 0.25) is 0 Å². The van der Waals surface area contributed by atoms with Crippen molar-refractivity contribution in [1.29, 1.82) is 0 Å². The lowest BCUT2D eigenvalue weighted by Gasteiger charge is -2.08. The van der Waals surface area contributed by atoms with Crippen molar-refractivity contribution >= 4 is 19.4 Å². The van der Waals surface area contributed by atoms with E-state index in [2.05, 4.69) is 16.4 Å². The number of benzene rings is 2. The molecule has 0 aromatic heterocycles. The van der Waals surface area contributed by atoms with Gasteiger partial charge in [0, 0.05) is 5.69 Å². The second-order valence-corrected chi connectivity index (χ2v) is 5.96. The van der Waals surface area contributed by atoms with Gasteiger partial charge in [0.1, 0.15) is 5.75 Å². The number of anilines is 1. The second kappa shape index (κ2) is 7.24. The molecule has 2 rings (SSSR count). The Morgan fingerprint density at radius 1 is 1.09 bits per heavy atom. The van der Waals surface area contributed by atoms with Crippen LogP contribution in [0.3, 0.4) is 0 Å². The summed E-state index contributed by atoms with van der Waals surface area (Å²) in [6, 6.07) is 13.8. The molecule has 0 radical (unpaired) electrons.